The number of ether oxygens (including phenoxy) is 1. The van der Waals surface area contributed by atoms with Gasteiger partial charge >= 0.3 is 5.97 Å². The summed E-state index contributed by atoms with van der Waals surface area (Å²) in [4.78, 5) is 11.1. The Labute approximate surface area is 111 Å². The van der Waals surface area contributed by atoms with Crippen LogP contribution in [0.15, 0.2) is 18.2 Å². The lowest BCUT2D eigenvalue weighted by molar-refractivity contribution is -0.137. The Morgan fingerprint density at radius 1 is 1.37 bits per heavy atom. The summed E-state index contributed by atoms with van der Waals surface area (Å²) in [5.41, 5.74) is 3.50. The minimum atomic E-state index is -0.798. The van der Waals surface area contributed by atoms with Gasteiger partial charge in [0.25, 0.3) is 0 Å². The molecule has 1 heterocycles. The van der Waals surface area contributed by atoms with Crippen molar-refractivity contribution in [3.8, 4) is 5.75 Å². The summed E-state index contributed by atoms with van der Waals surface area (Å²) >= 11 is 0. The molecule has 1 aliphatic carbocycles. The van der Waals surface area contributed by atoms with Crippen molar-refractivity contribution in [1.29, 1.82) is 0 Å². The number of aryl methyl sites for hydroxylation is 1. The molecule has 0 fully saturated rings. The summed E-state index contributed by atoms with van der Waals surface area (Å²) in [5.74, 6) is -0.0259. The normalized spacial score (nSPS) is 14.4. The first-order chi connectivity index (χ1) is 9.20. The molecule has 1 N–H and O–H groups in total. The molecule has 1 aliphatic rings. The van der Waals surface area contributed by atoms with E-state index in [1.807, 2.05) is 16.7 Å². The molecule has 0 unspecified atom stereocenters. The van der Waals surface area contributed by atoms with Gasteiger partial charge in [-0.25, -0.2) is 0 Å². The summed E-state index contributed by atoms with van der Waals surface area (Å²) in [5, 5.41) is 10.3. The fourth-order valence-electron chi connectivity index (χ4n) is 3.06. The number of aromatic nitrogens is 1. The van der Waals surface area contributed by atoms with E-state index in [0.717, 1.165) is 30.5 Å². The van der Waals surface area contributed by atoms with Gasteiger partial charge in [-0.2, -0.15) is 0 Å². The molecule has 4 nitrogen and oxygen atoms in total. The van der Waals surface area contributed by atoms with Crippen molar-refractivity contribution in [1.82, 2.24) is 4.57 Å². The van der Waals surface area contributed by atoms with Gasteiger partial charge in [0.15, 0.2) is 0 Å². The molecule has 1 aromatic carbocycles. The predicted octanol–water partition coefficient (Wildman–Crippen LogP) is 2.61. The zero-order chi connectivity index (χ0) is 13.4. The van der Waals surface area contributed by atoms with Crippen LogP contribution in [0.25, 0.3) is 10.9 Å². The second kappa shape index (κ2) is 4.61. The van der Waals surface area contributed by atoms with E-state index in [0.29, 0.717) is 0 Å². The zero-order valence-electron chi connectivity index (χ0n) is 11.0. The Morgan fingerprint density at radius 2 is 2.16 bits per heavy atom. The molecule has 1 aromatic heterocycles. The molecule has 0 amide bonds. The van der Waals surface area contributed by atoms with Crippen LogP contribution in [0.4, 0.5) is 0 Å². The first-order valence-corrected chi connectivity index (χ1v) is 6.60. The average molecular weight is 259 g/mol. The fraction of sp³-hybridized carbons (Fsp3) is 0.400. The summed E-state index contributed by atoms with van der Waals surface area (Å²) in [6.45, 7) is 0.0268. The highest BCUT2D eigenvalue weighted by molar-refractivity contribution is 5.88. The van der Waals surface area contributed by atoms with Crippen LogP contribution in [0, 0.1) is 0 Å². The molecule has 0 spiro atoms. The van der Waals surface area contributed by atoms with Crippen LogP contribution in [-0.2, 0) is 24.2 Å². The largest absolute Gasteiger partial charge is 0.497 e. The van der Waals surface area contributed by atoms with E-state index in [1.54, 1.807) is 7.11 Å². The third kappa shape index (κ3) is 1.97. The number of benzene rings is 1. The highest BCUT2D eigenvalue weighted by atomic mass is 16.5. The van der Waals surface area contributed by atoms with Crippen LogP contribution in [0.1, 0.15) is 24.1 Å². The monoisotopic (exact) mass is 259 g/mol. The van der Waals surface area contributed by atoms with Gasteiger partial charge < -0.3 is 14.4 Å². The van der Waals surface area contributed by atoms with Crippen LogP contribution < -0.4 is 4.74 Å². The van der Waals surface area contributed by atoms with E-state index < -0.39 is 5.97 Å². The first kappa shape index (κ1) is 12.1. The SMILES string of the molecule is COc1ccc2c3c(n(CC(=O)O)c2c1)CCCC3. The van der Waals surface area contributed by atoms with Crippen LogP contribution in [0.3, 0.4) is 0 Å². The van der Waals surface area contributed by atoms with E-state index in [-0.39, 0.29) is 6.54 Å². The number of carboxylic acids is 1. The molecular formula is C15H17NO3. The molecule has 0 radical (unpaired) electrons. The van der Waals surface area contributed by atoms with Crippen LogP contribution in [0.5, 0.6) is 5.75 Å². The first-order valence-electron chi connectivity index (χ1n) is 6.60. The summed E-state index contributed by atoms with van der Waals surface area (Å²) in [7, 11) is 1.63. The van der Waals surface area contributed by atoms with Gasteiger partial charge in [0, 0.05) is 17.1 Å². The maximum Gasteiger partial charge on any atom is 0.323 e. The molecule has 0 saturated carbocycles. The number of nitrogens with zero attached hydrogens (tertiary/aromatic N) is 1. The molecule has 0 bridgehead atoms. The van der Waals surface area contributed by atoms with Crippen molar-refractivity contribution in [3.63, 3.8) is 0 Å². The van der Waals surface area contributed by atoms with Gasteiger partial charge in [-0.05, 0) is 43.4 Å². The Hall–Kier alpha value is -1.97. The van der Waals surface area contributed by atoms with E-state index in [4.69, 9.17) is 9.84 Å². The van der Waals surface area contributed by atoms with Gasteiger partial charge in [-0.3, -0.25) is 4.79 Å². The van der Waals surface area contributed by atoms with Gasteiger partial charge in [-0.15, -0.1) is 0 Å². The number of carbonyl (C=O) groups is 1. The fourth-order valence-corrected chi connectivity index (χ4v) is 3.06. The van der Waals surface area contributed by atoms with E-state index in [9.17, 15) is 4.79 Å². The molecule has 2 aromatic rings. The van der Waals surface area contributed by atoms with Gasteiger partial charge in [0.1, 0.15) is 12.3 Å². The number of aliphatic carboxylic acids is 1. The summed E-state index contributed by atoms with van der Waals surface area (Å²) in [6, 6.07) is 5.94. The van der Waals surface area contributed by atoms with Crippen molar-refractivity contribution >= 4 is 16.9 Å². The van der Waals surface area contributed by atoms with Crippen molar-refractivity contribution in [2.75, 3.05) is 7.11 Å². The molecule has 0 aliphatic heterocycles. The Balaban J connectivity index is 2.26. The standard InChI is InChI=1S/C15H17NO3/c1-19-10-6-7-12-11-4-2-3-5-13(11)16(9-15(17)18)14(12)8-10/h6-8H,2-5,9H2,1H3,(H,17,18). The third-order valence-corrected chi connectivity index (χ3v) is 3.88. The minimum absolute atomic E-state index is 0.0268. The van der Waals surface area contributed by atoms with Gasteiger partial charge in [0.2, 0.25) is 0 Å². The molecular weight excluding hydrogens is 242 g/mol. The van der Waals surface area contributed by atoms with Crippen molar-refractivity contribution in [3.05, 3.63) is 29.5 Å². The molecule has 0 saturated heterocycles. The molecule has 19 heavy (non-hydrogen) atoms. The predicted molar refractivity (Wildman–Crippen MR) is 72.8 cm³/mol. The Morgan fingerprint density at radius 3 is 2.89 bits per heavy atom. The number of carboxylic acid groups (broad SMARTS) is 1. The molecule has 3 rings (SSSR count). The van der Waals surface area contributed by atoms with E-state index in [1.165, 1.54) is 23.1 Å². The number of fused-ring (bicyclic) bond motifs is 3. The van der Waals surface area contributed by atoms with Crippen molar-refractivity contribution in [2.24, 2.45) is 0 Å². The highest BCUT2D eigenvalue weighted by Gasteiger charge is 2.21. The van der Waals surface area contributed by atoms with Crippen LogP contribution >= 0.6 is 0 Å². The Bertz CT molecular complexity index is 642. The quantitative estimate of drug-likeness (QED) is 0.921. The Kier molecular flexibility index (Phi) is 2.93. The van der Waals surface area contributed by atoms with Gasteiger partial charge in [-0.1, -0.05) is 0 Å². The molecule has 4 heteroatoms. The topological polar surface area (TPSA) is 51.5 Å². The molecule has 100 valence electrons. The van der Waals surface area contributed by atoms with Crippen LogP contribution in [-0.4, -0.2) is 22.8 Å². The lowest BCUT2D eigenvalue weighted by Crippen LogP contribution is -2.13. The lowest BCUT2D eigenvalue weighted by atomic mass is 9.95. The maximum absolute atomic E-state index is 11.1. The lowest BCUT2D eigenvalue weighted by Gasteiger charge is -2.14. The van der Waals surface area contributed by atoms with Gasteiger partial charge in [0.05, 0.1) is 12.6 Å². The summed E-state index contributed by atoms with van der Waals surface area (Å²) < 4.78 is 7.19. The van der Waals surface area contributed by atoms with Crippen molar-refractivity contribution in [2.45, 2.75) is 32.2 Å². The number of rotatable bonds is 3. The van der Waals surface area contributed by atoms with E-state index in [2.05, 4.69) is 6.07 Å². The smallest absolute Gasteiger partial charge is 0.323 e. The number of hydrogen-bond acceptors (Lipinski definition) is 2. The maximum atomic E-state index is 11.1. The third-order valence-electron chi connectivity index (χ3n) is 3.88. The van der Waals surface area contributed by atoms with E-state index >= 15 is 0 Å². The average Bonchev–Trinajstić information content (AvgIpc) is 2.72. The molecule has 0 atom stereocenters. The highest BCUT2D eigenvalue weighted by Crippen LogP contribution is 2.34. The number of methoxy groups -OCH3 is 1. The van der Waals surface area contributed by atoms with Crippen molar-refractivity contribution < 1.29 is 14.6 Å². The second-order valence-corrected chi connectivity index (χ2v) is 5.00. The second-order valence-electron chi connectivity index (χ2n) is 5.00. The zero-order valence-corrected chi connectivity index (χ0v) is 11.0. The summed E-state index contributed by atoms with van der Waals surface area (Å²) in [6.07, 6.45) is 4.34. The minimum Gasteiger partial charge on any atom is -0.497 e. The number of hydrogen-bond donors (Lipinski definition) is 1. The van der Waals surface area contributed by atoms with Crippen LogP contribution in [0.2, 0.25) is 0 Å².